The molecule has 0 saturated heterocycles. The van der Waals surface area contributed by atoms with Crippen molar-refractivity contribution in [2.75, 3.05) is 19.7 Å². The molecule has 0 aliphatic carbocycles. The third kappa shape index (κ3) is 4.15. The van der Waals surface area contributed by atoms with Crippen LogP contribution >= 0.6 is 0 Å². The average Bonchev–Trinajstić information content (AvgIpc) is 2.83. The Bertz CT molecular complexity index is 483. The summed E-state index contributed by atoms with van der Waals surface area (Å²) in [6.45, 7) is 2.42. The second-order valence-electron chi connectivity index (χ2n) is 4.59. The molecule has 5 heteroatoms. The lowest BCUT2D eigenvalue weighted by atomic mass is 10.1. The van der Waals surface area contributed by atoms with Gasteiger partial charge in [-0.05, 0) is 12.0 Å². The van der Waals surface area contributed by atoms with Crippen molar-refractivity contribution < 1.29 is 5.11 Å². The molecule has 0 saturated carbocycles. The van der Waals surface area contributed by atoms with Crippen molar-refractivity contribution in [1.82, 2.24) is 19.7 Å². The molecule has 102 valence electrons. The van der Waals surface area contributed by atoms with E-state index in [9.17, 15) is 0 Å². The first-order valence-corrected chi connectivity index (χ1v) is 6.49. The molecule has 0 amide bonds. The van der Waals surface area contributed by atoms with Gasteiger partial charge in [-0.3, -0.25) is 4.90 Å². The van der Waals surface area contributed by atoms with E-state index >= 15 is 0 Å². The highest BCUT2D eigenvalue weighted by molar-refractivity contribution is 5.14. The fourth-order valence-electron chi connectivity index (χ4n) is 1.99. The molecular weight excluding hydrogens is 240 g/mol. The van der Waals surface area contributed by atoms with Gasteiger partial charge in [-0.1, -0.05) is 30.3 Å². The minimum atomic E-state index is 0.159. The molecule has 1 aromatic heterocycles. The van der Waals surface area contributed by atoms with Gasteiger partial charge in [-0.25, -0.2) is 0 Å². The van der Waals surface area contributed by atoms with Gasteiger partial charge in [0.25, 0.3) is 0 Å². The van der Waals surface area contributed by atoms with E-state index in [2.05, 4.69) is 27.2 Å². The van der Waals surface area contributed by atoms with Gasteiger partial charge in [0.05, 0.1) is 13.2 Å². The number of hydrogen-bond acceptors (Lipinski definition) is 4. The van der Waals surface area contributed by atoms with Crippen LogP contribution in [0.3, 0.4) is 0 Å². The number of benzene rings is 1. The third-order valence-corrected chi connectivity index (χ3v) is 3.15. The maximum atomic E-state index is 9.15. The first kappa shape index (κ1) is 13.7. The second kappa shape index (κ2) is 7.01. The molecule has 1 aromatic carbocycles. The highest BCUT2D eigenvalue weighted by Crippen LogP contribution is 2.04. The van der Waals surface area contributed by atoms with Gasteiger partial charge in [0.2, 0.25) is 0 Å². The Morgan fingerprint density at radius 1 is 1.21 bits per heavy atom. The lowest BCUT2D eigenvalue weighted by Gasteiger charge is -2.20. The Kier molecular flexibility index (Phi) is 5.06. The van der Waals surface area contributed by atoms with E-state index in [1.807, 2.05) is 29.8 Å². The summed E-state index contributed by atoms with van der Waals surface area (Å²) < 4.78 is 1.91. The molecular formula is C14H20N4O. The number of hydrogen-bond donors (Lipinski definition) is 1. The van der Waals surface area contributed by atoms with Crippen LogP contribution in [0.1, 0.15) is 11.4 Å². The molecule has 0 atom stereocenters. The molecule has 2 aromatic rings. The predicted octanol–water partition coefficient (Wildman–Crippen LogP) is 0.852. The summed E-state index contributed by atoms with van der Waals surface area (Å²) in [6.07, 6.45) is 2.67. The highest BCUT2D eigenvalue weighted by atomic mass is 16.3. The van der Waals surface area contributed by atoms with Crippen LogP contribution in [-0.2, 0) is 20.0 Å². The maximum absolute atomic E-state index is 9.15. The molecule has 0 aliphatic heterocycles. The summed E-state index contributed by atoms with van der Waals surface area (Å²) in [5.41, 5.74) is 1.31. The summed E-state index contributed by atoms with van der Waals surface area (Å²) >= 11 is 0. The zero-order chi connectivity index (χ0) is 13.5. The SMILES string of the molecule is Cn1cnnc1CN(CCO)CCc1ccccc1. The molecule has 0 unspecified atom stereocenters. The van der Waals surface area contributed by atoms with Crippen LogP contribution in [0, 0.1) is 0 Å². The van der Waals surface area contributed by atoms with Gasteiger partial charge in [0.15, 0.2) is 0 Å². The average molecular weight is 260 g/mol. The quantitative estimate of drug-likeness (QED) is 0.802. The topological polar surface area (TPSA) is 54.2 Å². The Morgan fingerprint density at radius 2 is 2.00 bits per heavy atom. The monoisotopic (exact) mass is 260 g/mol. The van der Waals surface area contributed by atoms with Crippen molar-refractivity contribution in [1.29, 1.82) is 0 Å². The molecule has 19 heavy (non-hydrogen) atoms. The van der Waals surface area contributed by atoms with Crippen LogP contribution < -0.4 is 0 Å². The molecule has 0 aliphatic rings. The van der Waals surface area contributed by atoms with E-state index in [1.54, 1.807) is 6.33 Å². The van der Waals surface area contributed by atoms with Gasteiger partial charge in [-0.15, -0.1) is 10.2 Å². The zero-order valence-electron chi connectivity index (χ0n) is 11.2. The third-order valence-electron chi connectivity index (χ3n) is 3.15. The second-order valence-corrected chi connectivity index (χ2v) is 4.59. The van der Waals surface area contributed by atoms with E-state index in [4.69, 9.17) is 5.11 Å². The highest BCUT2D eigenvalue weighted by Gasteiger charge is 2.09. The van der Waals surface area contributed by atoms with E-state index in [0.29, 0.717) is 13.1 Å². The standard InChI is InChI=1S/C14H20N4O/c1-17-12-15-16-14(17)11-18(9-10-19)8-7-13-5-3-2-4-6-13/h2-6,12,19H,7-11H2,1H3. The minimum Gasteiger partial charge on any atom is -0.395 e. The molecule has 0 fully saturated rings. The Labute approximate surface area is 113 Å². The largest absolute Gasteiger partial charge is 0.395 e. The summed E-state index contributed by atoms with van der Waals surface area (Å²) in [6, 6.07) is 10.4. The fraction of sp³-hybridized carbons (Fsp3) is 0.429. The molecule has 5 nitrogen and oxygen atoms in total. The number of nitrogens with zero attached hydrogens (tertiary/aromatic N) is 4. The maximum Gasteiger partial charge on any atom is 0.146 e. The lowest BCUT2D eigenvalue weighted by molar-refractivity contribution is 0.187. The van der Waals surface area contributed by atoms with Crippen molar-refractivity contribution in [2.45, 2.75) is 13.0 Å². The van der Waals surface area contributed by atoms with Gasteiger partial charge < -0.3 is 9.67 Å². The van der Waals surface area contributed by atoms with Gasteiger partial charge in [-0.2, -0.15) is 0 Å². The van der Waals surface area contributed by atoms with E-state index in [-0.39, 0.29) is 6.61 Å². The van der Waals surface area contributed by atoms with E-state index < -0.39 is 0 Å². The zero-order valence-corrected chi connectivity index (χ0v) is 11.2. The normalized spacial score (nSPS) is 11.1. The van der Waals surface area contributed by atoms with Crippen LogP contribution in [-0.4, -0.2) is 44.5 Å². The van der Waals surface area contributed by atoms with Gasteiger partial charge >= 0.3 is 0 Å². The van der Waals surface area contributed by atoms with Crippen LogP contribution in [0.15, 0.2) is 36.7 Å². The molecule has 0 bridgehead atoms. The van der Waals surface area contributed by atoms with Crippen molar-refractivity contribution in [2.24, 2.45) is 7.05 Å². The molecule has 1 heterocycles. The Morgan fingerprint density at radius 3 is 2.63 bits per heavy atom. The molecule has 1 N–H and O–H groups in total. The molecule has 2 rings (SSSR count). The smallest absolute Gasteiger partial charge is 0.146 e. The Balaban J connectivity index is 1.91. The van der Waals surface area contributed by atoms with Crippen molar-refractivity contribution in [3.8, 4) is 0 Å². The van der Waals surface area contributed by atoms with Gasteiger partial charge in [0, 0.05) is 20.1 Å². The first-order chi connectivity index (χ1) is 9.29. The fourth-order valence-corrected chi connectivity index (χ4v) is 1.99. The van der Waals surface area contributed by atoms with Crippen molar-refractivity contribution >= 4 is 0 Å². The summed E-state index contributed by atoms with van der Waals surface area (Å²) in [4.78, 5) is 2.19. The number of aromatic nitrogens is 3. The summed E-state index contributed by atoms with van der Waals surface area (Å²) in [5, 5.41) is 17.1. The summed E-state index contributed by atoms with van der Waals surface area (Å²) in [5.74, 6) is 0.918. The number of rotatable bonds is 7. The first-order valence-electron chi connectivity index (χ1n) is 6.49. The van der Waals surface area contributed by atoms with Crippen LogP contribution in [0.4, 0.5) is 0 Å². The Hall–Kier alpha value is -1.72. The molecule has 0 radical (unpaired) electrons. The van der Waals surface area contributed by atoms with Gasteiger partial charge in [0.1, 0.15) is 12.2 Å². The van der Waals surface area contributed by atoms with Crippen LogP contribution in [0.2, 0.25) is 0 Å². The minimum absolute atomic E-state index is 0.159. The van der Waals surface area contributed by atoms with Crippen molar-refractivity contribution in [3.63, 3.8) is 0 Å². The number of aliphatic hydroxyl groups is 1. The van der Waals surface area contributed by atoms with Crippen LogP contribution in [0.5, 0.6) is 0 Å². The van der Waals surface area contributed by atoms with E-state index in [1.165, 1.54) is 5.56 Å². The number of aryl methyl sites for hydroxylation is 1. The van der Waals surface area contributed by atoms with E-state index in [0.717, 1.165) is 18.8 Å². The van der Waals surface area contributed by atoms with Crippen LogP contribution in [0.25, 0.3) is 0 Å². The summed E-state index contributed by atoms with van der Waals surface area (Å²) in [7, 11) is 1.93. The lowest BCUT2D eigenvalue weighted by Crippen LogP contribution is -2.29. The molecule has 0 spiro atoms. The number of aliphatic hydroxyl groups excluding tert-OH is 1. The predicted molar refractivity (Wildman–Crippen MR) is 73.5 cm³/mol. The van der Waals surface area contributed by atoms with Crippen molar-refractivity contribution in [3.05, 3.63) is 48.0 Å².